The third kappa shape index (κ3) is 2.45. The third-order valence-electron chi connectivity index (χ3n) is 2.51. The first-order valence-electron chi connectivity index (χ1n) is 5.46. The number of aromatic nitrogens is 4. The highest BCUT2D eigenvalue weighted by Gasteiger charge is 2.15. The van der Waals surface area contributed by atoms with Gasteiger partial charge in [-0.1, -0.05) is 0 Å². The Balaban J connectivity index is 2.12. The zero-order chi connectivity index (χ0) is 13.1. The lowest BCUT2D eigenvalue weighted by atomic mass is 10.2. The molecule has 0 aliphatic rings. The van der Waals surface area contributed by atoms with Crippen LogP contribution in [0.5, 0.6) is 0 Å². The molecular formula is C11H14N6O. The molecule has 4 N–H and O–H groups in total. The van der Waals surface area contributed by atoms with Crippen molar-refractivity contribution >= 4 is 11.6 Å². The fourth-order valence-corrected chi connectivity index (χ4v) is 1.54. The Morgan fingerprint density at radius 2 is 2.28 bits per heavy atom. The van der Waals surface area contributed by atoms with Crippen molar-refractivity contribution in [2.24, 2.45) is 0 Å². The number of nitrogen functional groups attached to an aromatic ring is 1. The number of carbonyl (C=O) groups excluding carboxylic acids is 1. The predicted molar refractivity (Wildman–Crippen MR) is 65.7 cm³/mol. The van der Waals surface area contributed by atoms with Crippen molar-refractivity contribution in [3.63, 3.8) is 0 Å². The van der Waals surface area contributed by atoms with Gasteiger partial charge in [-0.3, -0.25) is 14.9 Å². The van der Waals surface area contributed by atoms with E-state index in [0.29, 0.717) is 17.1 Å². The molecule has 1 atom stereocenters. The zero-order valence-electron chi connectivity index (χ0n) is 10.1. The van der Waals surface area contributed by atoms with Crippen molar-refractivity contribution in [2.75, 3.05) is 5.73 Å². The van der Waals surface area contributed by atoms with Gasteiger partial charge in [0, 0.05) is 17.6 Å². The second-order valence-electron chi connectivity index (χ2n) is 3.98. The first-order valence-corrected chi connectivity index (χ1v) is 5.46. The molecule has 94 valence electrons. The summed E-state index contributed by atoms with van der Waals surface area (Å²) in [6.45, 7) is 3.62. The van der Waals surface area contributed by atoms with Gasteiger partial charge < -0.3 is 11.1 Å². The van der Waals surface area contributed by atoms with Crippen LogP contribution in [0.25, 0.3) is 0 Å². The second kappa shape index (κ2) is 4.82. The van der Waals surface area contributed by atoms with Crippen molar-refractivity contribution in [2.45, 2.75) is 19.9 Å². The number of nitrogens with zero attached hydrogens (tertiary/aromatic N) is 3. The number of aromatic amines is 1. The Kier molecular flexibility index (Phi) is 3.22. The van der Waals surface area contributed by atoms with E-state index in [4.69, 9.17) is 5.73 Å². The Morgan fingerprint density at radius 1 is 1.50 bits per heavy atom. The van der Waals surface area contributed by atoms with E-state index in [0.717, 1.165) is 5.69 Å². The maximum absolute atomic E-state index is 12.0. The van der Waals surface area contributed by atoms with Crippen LogP contribution in [0.1, 0.15) is 34.8 Å². The fraction of sp³-hybridized carbons (Fsp3) is 0.273. The second-order valence-corrected chi connectivity index (χ2v) is 3.98. The normalized spacial score (nSPS) is 12.1. The van der Waals surface area contributed by atoms with Gasteiger partial charge in [0.1, 0.15) is 12.2 Å². The van der Waals surface area contributed by atoms with Crippen molar-refractivity contribution in [3.8, 4) is 0 Å². The van der Waals surface area contributed by atoms with Gasteiger partial charge in [-0.05, 0) is 19.9 Å². The molecule has 0 aliphatic heterocycles. The van der Waals surface area contributed by atoms with Crippen LogP contribution in [-0.4, -0.2) is 26.1 Å². The zero-order valence-corrected chi connectivity index (χ0v) is 10.1. The molecule has 7 nitrogen and oxygen atoms in total. The van der Waals surface area contributed by atoms with E-state index in [1.165, 1.54) is 12.5 Å². The van der Waals surface area contributed by atoms with Gasteiger partial charge >= 0.3 is 0 Å². The fourth-order valence-electron chi connectivity index (χ4n) is 1.54. The minimum atomic E-state index is -0.288. The van der Waals surface area contributed by atoms with E-state index >= 15 is 0 Å². The van der Waals surface area contributed by atoms with Crippen LogP contribution in [0.2, 0.25) is 0 Å². The number of pyridine rings is 1. The van der Waals surface area contributed by atoms with Crippen molar-refractivity contribution in [3.05, 3.63) is 35.7 Å². The molecule has 0 aliphatic carbocycles. The molecule has 0 radical (unpaired) electrons. The minimum Gasteiger partial charge on any atom is -0.398 e. The van der Waals surface area contributed by atoms with Gasteiger partial charge in [-0.15, -0.1) is 0 Å². The molecule has 0 aromatic carbocycles. The average Bonchev–Trinajstić information content (AvgIpc) is 2.81. The quantitative estimate of drug-likeness (QED) is 0.733. The smallest absolute Gasteiger partial charge is 0.255 e. The third-order valence-corrected chi connectivity index (χ3v) is 2.51. The van der Waals surface area contributed by atoms with E-state index in [-0.39, 0.29) is 11.9 Å². The number of carbonyl (C=O) groups is 1. The number of rotatable bonds is 3. The van der Waals surface area contributed by atoms with Crippen molar-refractivity contribution < 1.29 is 4.79 Å². The molecular weight excluding hydrogens is 232 g/mol. The first kappa shape index (κ1) is 12.0. The van der Waals surface area contributed by atoms with Crippen LogP contribution in [-0.2, 0) is 0 Å². The van der Waals surface area contributed by atoms with Gasteiger partial charge in [-0.25, -0.2) is 4.98 Å². The highest BCUT2D eigenvalue weighted by Crippen LogP contribution is 2.13. The van der Waals surface area contributed by atoms with Crippen molar-refractivity contribution in [1.29, 1.82) is 0 Å². The van der Waals surface area contributed by atoms with Gasteiger partial charge in [0.05, 0.1) is 11.6 Å². The van der Waals surface area contributed by atoms with E-state index in [9.17, 15) is 4.79 Å². The summed E-state index contributed by atoms with van der Waals surface area (Å²) in [5.74, 6) is 0.297. The molecule has 18 heavy (non-hydrogen) atoms. The number of amides is 1. The predicted octanol–water partition coefficient (Wildman–Crippen LogP) is 0.581. The molecule has 7 heteroatoms. The lowest BCUT2D eigenvalue weighted by Gasteiger charge is -2.12. The molecule has 1 unspecified atom stereocenters. The number of hydrogen-bond donors (Lipinski definition) is 3. The minimum absolute atomic E-state index is 0.277. The van der Waals surface area contributed by atoms with Crippen molar-refractivity contribution in [1.82, 2.24) is 25.5 Å². The summed E-state index contributed by atoms with van der Waals surface area (Å²) in [5.41, 5.74) is 7.31. The Hall–Kier alpha value is -2.44. The van der Waals surface area contributed by atoms with E-state index in [2.05, 4.69) is 25.5 Å². The average molecular weight is 246 g/mol. The summed E-state index contributed by atoms with van der Waals surface area (Å²) in [5, 5.41) is 9.19. The van der Waals surface area contributed by atoms with Gasteiger partial charge in [0.25, 0.3) is 5.91 Å². The number of H-pyrrole nitrogens is 1. The maximum atomic E-state index is 12.0. The molecule has 2 rings (SSSR count). The van der Waals surface area contributed by atoms with Gasteiger partial charge in [0.2, 0.25) is 0 Å². The Morgan fingerprint density at radius 3 is 2.89 bits per heavy atom. The largest absolute Gasteiger partial charge is 0.398 e. The highest BCUT2D eigenvalue weighted by atomic mass is 16.1. The summed E-state index contributed by atoms with van der Waals surface area (Å²) in [6.07, 6.45) is 2.85. The van der Waals surface area contributed by atoms with Crippen LogP contribution in [0.15, 0.2) is 18.6 Å². The summed E-state index contributed by atoms with van der Waals surface area (Å²) < 4.78 is 0. The molecule has 0 spiro atoms. The molecule has 2 heterocycles. The lowest BCUT2D eigenvalue weighted by molar-refractivity contribution is 0.0939. The van der Waals surface area contributed by atoms with Crippen LogP contribution in [0.4, 0.5) is 5.69 Å². The lowest BCUT2D eigenvalue weighted by Crippen LogP contribution is -2.28. The summed E-state index contributed by atoms with van der Waals surface area (Å²) in [4.78, 5) is 20.0. The van der Waals surface area contributed by atoms with Crippen LogP contribution < -0.4 is 11.1 Å². The standard InChI is InChI=1S/C11H14N6O/c1-6-3-9(12)8(4-13-6)11(18)16-7(2)10-14-5-15-17-10/h3-5,7H,1-2H3,(H2,12,13)(H,16,18)(H,14,15,17). The molecule has 0 fully saturated rings. The molecule has 0 saturated heterocycles. The number of hydrogen-bond acceptors (Lipinski definition) is 5. The topological polar surface area (TPSA) is 110 Å². The summed E-state index contributed by atoms with van der Waals surface area (Å²) >= 11 is 0. The molecule has 2 aromatic heterocycles. The molecule has 2 aromatic rings. The first-order chi connectivity index (χ1) is 8.58. The van der Waals surface area contributed by atoms with Crippen LogP contribution >= 0.6 is 0 Å². The highest BCUT2D eigenvalue weighted by molar-refractivity contribution is 5.98. The monoisotopic (exact) mass is 246 g/mol. The van der Waals surface area contributed by atoms with E-state index in [1.54, 1.807) is 13.0 Å². The van der Waals surface area contributed by atoms with Gasteiger partial charge in [-0.2, -0.15) is 5.10 Å². The SMILES string of the molecule is Cc1cc(N)c(C(=O)NC(C)c2ncn[nH]2)cn1. The summed E-state index contributed by atoms with van der Waals surface area (Å²) in [6, 6.07) is 1.38. The summed E-state index contributed by atoms with van der Waals surface area (Å²) in [7, 11) is 0. The number of anilines is 1. The van der Waals surface area contributed by atoms with Crippen LogP contribution in [0, 0.1) is 6.92 Å². The van der Waals surface area contributed by atoms with Gasteiger partial charge in [0.15, 0.2) is 0 Å². The molecule has 1 amide bonds. The Labute approximate surface area is 104 Å². The van der Waals surface area contributed by atoms with Crippen LogP contribution in [0.3, 0.4) is 0 Å². The number of nitrogens with one attached hydrogen (secondary N) is 2. The molecule has 0 bridgehead atoms. The Bertz CT molecular complexity index is 551. The van der Waals surface area contributed by atoms with E-state index < -0.39 is 0 Å². The maximum Gasteiger partial charge on any atom is 0.255 e. The number of nitrogens with two attached hydrogens (primary N) is 1. The van der Waals surface area contributed by atoms with E-state index in [1.807, 2.05) is 6.92 Å². The number of aryl methyl sites for hydroxylation is 1. The molecule has 0 saturated carbocycles.